The number of hydrogen-bond acceptors (Lipinski definition) is 7. The van der Waals surface area contributed by atoms with E-state index in [0.29, 0.717) is 5.75 Å². The van der Waals surface area contributed by atoms with Crippen molar-refractivity contribution in [3.8, 4) is 11.5 Å². The van der Waals surface area contributed by atoms with Gasteiger partial charge in [-0.2, -0.15) is 0 Å². The summed E-state index contributed by atoms with van der Waals surface area (Å²) in [5.74, 6) is 0.0881. The summed E-state index contributed by atoms with van der Waals surface area (Å²) in [5, 5.41) is 13.6. The molecule has 0 saturated heterocycles. The van der Waals surface area contributed by atoms with Gasteiger partial charge < -0.3 is 14.8 Å². The van der Waals surface area contributed by atoms with Crippen LogP contribution in [0.1, 0.15) is 12.8 Å². The minimum atomic E-state index is -3.54. The Labute approximate surface area is 162 Å². The SMILES string of the molecule is COc1ccc(S(=O)(=O)CCCC(=O)Nc2ccc(OC)cc2[N+](=O)[O-])cc1. The number of sulfone groups is 1. The zero-order valence-electron chi connectivity index (χ0n) is 15.4. The van der Waals surface area contributed by atoms with Gasteiger partial charge in [-0.15, -0.1) is 0 Å². The quantitative estimate of drug-likeness (QED) is 0.499. The highest BCUT2D eigenvalue weighted by atomic mass is 32.2. The fourth-order valence-electron chi connectivity index (χ4n) is 2.43. The minimum Gasteiger partial charge on any atom is -0.497 e. The number of carbonyl (C=O) groups excluding carboxylic acids is 1. The van der Waals surface area contributed by atoms with E-state index in [9.17, 15) is 23.3 Å². The molecule has 0 aliphatic rings. The first-order chi connectivity index (χ1) is 13.3. The van der Waals surface area contributed by atoms with E-state index >= 15 is 0 Å². The average molecular weight is 408 g/mol. The molecule has 0 fully saturated rings. The molecule has 1 amide bonds. The van der Waals surface area contributed by atoms with Gasteiger partial charge in [0.15, 0.2) is 9.84 Å². The van der Waals surface area contributed by atoms with Crippen LogP contribution in [-0.2, 0) is 14.6 Å². The Morgan fingerprint density at radius 2 is 1.68 bits per heavy atom. The number of nitrogens with one attached hydrogen (secondary N) is 1. The van der Waals surface area contributed by atoms with E-state index < -0.39 is 20.7 Å². The van der Waals surface area contributed by atoms with Crippen molar-refractivity contribution in [2.24, 2.45) is 0 Å². The molecular formula is C18H20N2O7S. The summed E-state index contributed by atoms with van der Waals surface area (Å²) >= 11 is 0. The van der Waals surface area contributed by atoms with Crippen LogP contribution in [0.15, 0.2) is 47.4 Å². The summed E-state index contributed by atoms with van der Waals surface area (Å²) in [5.41, 5.74) is -0.285. The van der Waals surface area contributed by atoms with E-state index in [1.807, 2.05) is 0 Å². The molecule has 10 heteroatoms. The van der Waals surface area contributed by atoms with E-state index in [1.165, 1.54) is 44.6 Å². The highest BCUT2D eigenvalue weighted by Crippen LogP contribution is 2.29. The Balaban J connectivity index is 1.96. The molecule has 1 N–H and O–H groups in total. The first kappa shape index (κ1) is 21.2. The van der Waals surface area contributed by atoms with Crippen molar-refractivity contribution in [2.75, 3.05) is 25.3 Å². The number of amides is 1. The monoisotopic (exact) mass is 408 g/mol. The van der Waals surface area contributed by atoms with E-state index in [2.05, 4.69) is 5.32 Å². The number of methoxy groups -OCH3 is 2. The van der Waals surface area contributed by atoms with E-state index in [0.717, 1.165) is 0 Å². The number of carbonyl (C=O) groups is 1. The third kappa shape index (κ3) is 5.43. The van der Waals surface area contributed by atoms with Crippen molar-refractivity contribution < 1.29 is 27.6 Å². The maximum Gasteiger partial charge on any atom is 0.296 e. The van der Waals surface area contributed by atoms with Gasteiger partial charge in [-0.25, -0.2) is 8.42 Å². The summed E-state index contributed by atoms with van der Waals surface area (Å²) < 4.78 is 34.5. The number of anilines is 1. The van der Waals surface area contributed by atoms with Crippen molar-refractivity contribution in [2.45, 2.75) is 17.7 Å². The predicted molar refractivity (Wildman–Crippen MR) is 103 cm³/mol. The second-order valence-electron chi connectivity index (χ2n) is 5.79. The van der Waals surface area contributed by atoms with Crippen molar-refractivity contribution >= 4 is 27.1 Å². The smallest absolute Gasteiger partial charge is 0.296 e. The number of nitro groups is 1. The van der Waals surface area contributed by atoms with Crippen LogP contribution in [0, 0.1) is 10.1 Å². The average Bonchev–Trinajstić information content (AvgIpc) is 2.68. The molecule has 28 heavy (non-hydrogen) atoms. The van der Waals surface area contributed by atoms with Crippen LogP contribution in [0.25, 0.3) is 0 Å². The molecule has 0 heterocycles. The number of rotatable bonds is 9. The topological polar surface area (TPSA) is 125 Å². The number of hydrogen-bond donors (Lipinski definition) is 1. The van der Waals surface area contributed by atoms with Gasteiger partial charge in [0.05, 0.1) is 35.9 Å². The van der Waals surface area contributed by atoms with Crippen LogP contribution < -0.4 is 14.8 Å². The van der Waals surface area contributed by atoms with E-state index in [-0.39, 0.29) is 40.6 Å². The molecule has 0 aliphatic carbocycles. The first-order valence-corrected chi connectivity index (χ1v) is 9.91. The zero-order valence-corrected chi connectivity index (χ0v) is 16.2. The molecule has 0 bridgehead atoms. The Bertz CT molecular complexity index is 956. The Hall–Kier alpha value is -3.14. The van der Waals surface area contributed by atoms with Crippen LogP contribution >= 0.6 is 0 Å². The number of nitro benzene ring substituents is 1. The molecule has 0 spiro atoms. The van der Waals surface area contributed by atoms with Crippen molar-refractivity contribution in [3.05, 3.63) is 52.6 Å². The molecule has 2 aromatic rings. The second-order valence-corrected chi connectivity index (χ2v) is 7.90. The van der Waals surface area contributed by atoms with E-state index in [1.54, 1.807) is 12.1 Å². The Kier molecular flexibility index (Phi) is 6.94. The summed E-state index contributed by atoms with van der Waals surface area (Å²) in [6, 6.07) is 10.0. The van der Waals surface area contributed by atoms with Crippen LogP contribution in [0.2, 0.25) is 0 Å². The van der Waals surface area contributed by atoms with Crippen LogP contribution in [-0.4, -0.2) is 39.2 Å². The maximum absolute atomic E-state index is 12.3. The number of ether oxygens (including phenoxy) is 2. The van der Waals surface area contributed by atoms with Gasteiger partial charge in [0.25, 0.3) is 5.69 Å². The maximum atomic E-state index is 12.3. The molecule has 0 aliphatic heterocycles. The molecule has 0 saturated carbocycles. The van der Waals surface area contributed by atoms with Crippen LogP contribution in [0.5, 0.6) is 11.5 Å². The van der Waals surface area contributed by atoms with Crippen LogP contribution in [0.3, 0.4) is 0 Å². The van der Waals surface area contributed by atoms with Gasteiger partial charge in [-0.3, -0.25) is 14.9 Å². The fraction of sp³-hybridized carbons (Fsp3) is 0.278. The molecule has 0 unspecified atom stereocenters. The van der Waals surface area contributed by atoms with Crippen LogP contribution in [0.4, 0.5) is 11.4 Å². The normalized spacial score (nSPS) is 10.9. The lowest BCUT2D eigenvalue weighted by molar-refractivity contribution is -0.384. The molecule has 0 atom stereocenters. The third-order valence-corrected chi connectivity index (χ3v) is 5.73. The van der Waals surface area contributed by atoms with E-state index in [4.69, 9.17) is 9.47 Å². The van der Waals surface area contributed by atoms with Crippen molar-refractivity contribution in [1.82, 2.24) is 0 Å². The third-order valence-electron chi connectivity index (χ3n) is 3.91. The lowest BCUT2D eigenvalue weighted by atomic mass is 10.2. The minimum absolute atomic E-state index is 0.0220. The standard InChI is InChI=1S/C18H20N2O7S/c1-26-13-5-8-15(9-6-13)28(24,25)11-3-4-18(21)19-16-10-7-14(27-2)12-17(16)20(22)23/h5-10,12H,3-4,11H2,1-2H3,(H,19,21). The van der Waals surface area contributed by atoms with Gasteiger partial charge in [-0.1, -0.05) is 0 Å². The number of nitrogens with zero attached hydrogens (tertiary/aromatic N) is 1. The molecule has 0 radical (unpaired) electrons. The molecular weight excluding hydrogens is 388 g/mol. The van der Waals surface area contributed by atoms with Gasteiger partial charge in [0.2, 0.25) is 5.91 Å². The molecule has 9 nitrogen and oxygen atoms in total. The number of benzene rings is 2. The van der Waals surface area contributed by atoms with Gasteiger partial charge in [0, 0.05) is 6.42 Å². The second kappa shape index (κ2) is 9.18. The highest BCUT2D eigenvalue weighted by molar-refractivity contribution is 7.91. The van der Waals surface area contributed by atoms with Gasteiger partial charge >= 0.3 is 0 Å². The zero-order chi connectivity index (χ0) is 20.7. The first-order valence-electron chi connectivity index (χ1n) is 8.26. The molecule has 2 aromatic carbocycles. The Morgan fingerprint density at radius 1 is 1.07 bits per heavy atom. The largest absolute Gasteiger partial charge is 0.497 e. The van der Waals surface area contributed by atoms with Gasteiger partial charge in [0.1, 0.15) is 17.2 Å². The Morgan fingerprint density at radius 3 is 2.25 bits per heavy atom. The highest BCUT2D eigenvalue weighted by Gasteiger charge is 2.19. The summed E-state index contributed by atoms with van der Waals surface area (Å²) in [6.45, 7) is 0. The summed E-state index contributed by atoms with van der Waals surface area (Å²) in [4.78, 5) is 22.7. The van der Waals surface area contributed by atoms with Crippen molar-refractivity contribution in [1.29, 1.82) is 0 Å². The predicted octanol–water partition coefficient (Wildman–Crippen LogP) is 2.80. The molecule has 2 rings (SSSR count). The lowest BCUT2D eigenvalue weighted by Crippen LogP contribution is -2.15. The van der Waals surface area contributed by atoms with Crippen molar-refractivity contribution in [3.63, 3.8) is 0 Å². The van der Waals surface area contributed by atoms with Gasteiger partial charge in [-0.05, 0) is 42.8 Å². The molecule has 150 valence electrons. The molecule has 0 aromatic heterocycles. The fourth-order valence-corrected chi connectivity index (χ4v) is 3.74. The lowest BCUT2D eigenvalue weighted by Gasteiger charge is -2.08. The summed E-state index contributed by atoms with van der Waals surface area (Å²) in [7, 11) is -0.688. The summed E-state index contributed by atoms with van der Waals surface area (Å²) in [6.07, 6.45) is -0.0251.